The van der Waals surface area contributed by atoms with E-state index >= 15 is 0 Å². The van der Waals surface area contributed by atoms with Crippen molar-refractivity contribution >= 4 is 10.8 Å². The van der Waals surface area contributed by atoms with Crippen molar-refractivity contribution < 1.29 is 41.3 Å². The first-order valence-electron chi connectivity index (χ1n) is 3.48. The number of rotatable bonds is 0. The topological polar surface area (TPSA) is 0 Å². The molecule has 2 aromatic rings. The average Bonchev–Trinajstić information content (AvgIpc) is 2.27. The molecule has 0 spiro atoms. The molecule has 0 aliphatic rings. The smallest absolute Gasteiger partial charge is 0 e. The number of fused-ring (bicyclic) bond motifs is 1. The van der Waals surface area contributed by atoms with E-state index in [2.05, 4.69) is 43.3 Å². The van der Waals surface area contributed by atoms with Gasteiger partial charge in [-0.2, -0.15) is 6.07 Å². The minimum atomic E-state index is 0. The summed E-state index contributed by atoms with van der Waals surface area (Å²) in [5.74, 6) is 0. The van der Waals surface area contributed by atoms with E-state index in [0.29, 0.717) is 0 Å². The van der Waals surface area contributed by atoms with Crippen LogP contribution in [0.25, 0.3) is 10.8 Å². The predicted molar refractivity (Wildman–Crippen MR) is 44.3 cm³/mol. The first kappa shape index (κ1) is 9.28. The first-order valence-corrected chi connectivity index (χ1v) is 3.48. The molecule has 0 N–H and O–H groups in total. The van der Waals surface area contributed by atoms with Gasteiger partial charge in [0.05, 0.1) is 0 Å². The van der Waals surface area contributed by atoms with Crippen LogP contribution in [0.3, 0.4) is 0 Å². The molecule has 2 aromatic carbocycles. The van der Waals surface area contributed by atoms with Gasteiger partial charge in [-0.1, -0.05) is 13.0 Å². The molecule has 0 fully saturated rings. The van der Waals surface area contributed by atoms with Crippen LogP contribution in [-0.4, -0.2) is 0 Å². The summed E-state index contributed by atoms with van der Waals surface area (Å²) in [5.41, 5.74) is 1.35. The molecule has 1 heteroatoms. The van der Waals surface area contributed by atoms with Gasteiger partial charge in [0.25, 0.3) is 0 Å². The third-order valence-corrected chi connectivity index (χ3v) is 1.76. The molecule has 11 heavy (non-hydrogen) atoms. The maximum absolute atomic E-state index is 2.20. The standard InChI is InChI=1S/C10H9.Pr/c1-8-6-9-4-2-3-5-10(9)7-8;/h2-7H,1H3;/q-1;. The Morgan fingerprint density at radius 2 is 1.91 bits per heavy atom. The molecule has 0 nitrogen and oxygen atoms in total. The van der Waals surface area contributed by atoms with Gasteiger partial charge in [-0.05, 0) is 0 Å². The predicted octanol–water partition coefficient (Wildman–Crippen LogP) is 2.87. The van der Waals surface area contributed by atoms with Crippen LogP contribution in [0.5, 0.6) is 0 Å². The SMILES string of the molecule is Cc1cc2ccccc2[cH-]1.[Pr]. The summed E-state index contributed by atoms with van der Waals surface area (Å²) < 4.78 is 0. The number of benzene rings is 1. The van der Waals surface area contributed by atoms with Crippen LogP contribution < -0.4 is 0 Å². The normalized spacial score (nSPS) is 9.55. The third kappa shape index (κ3) is 1.86. The van der Waals surface area contributed by atoms with Gasteiger partial charge in [-0.15, -0.1) is 40.6 Å². The van der Waals surface area contributed by atoms with Gasteiger partial charge in [-0.25, -0.2) is 0 Å². The zero-order valence-corrected chi connectivity index (χ0v) is 10.2. The van der Waals surface area contributed by atoms with Crippen molar-refractivity contribution in [1.29, 1.82) is 0 Å². The molecule has 0 saturated heterocycles. The largest absolute Gasteiger partial charge is 0.165 e. The second kappa shape index (κ2) is 3.73. The van der Waals surface area contributed by atoms with Crippen molar-refractivity contribution in [3.8, 4) is 0 Å². The summed E-state index contributed by atoms with van der Waals surface area (Å²) in [7, 11) is 0. The Morgan fingerprint density at radius 1 is 1.18 bits per heavy atom. The molecular formula is C10H9Pr-. The molecule has 2 rings (SSSR count). The van der Waals surface area contributed by atoms with E-state index in [1.54, 1.807) is 0 Å². The van der Waals surface area contributed by atoms with Gasteiger partial charge in [0.1, 0.15) is 0 Å². The van der Waals surface area contributed by atoms with Crippen LogP contribution in [0.1, 0.15) is 5.56 Å². The second-order valence-electron chi connectivity index (χ2n) is 2.66. The van der Waals surface area contributed by atoms with Gasteiger partial charge in [0.15, 0.2) is 0 Å². The Balaban J connectivity index is 0.000000605. The summed E-state index contributed by atoms with van der Waals surface area (Å²) in [6.07, 6.45) is 0. The Bertz CT molecular complexity index is 313. The van der Waals surface area contributed by atoms with Gasteiger partial charge >= 0.3 is 0 Å². The first-order chi connectivity index (χ1) is 4.86. The van der Waals surface area contributed by atoms with E-state index < -0.39 is 0 Å². The monoisotopic (exact) mass is 270 g/mol. The number of hydrogen-bond donors (Lipinski definition) is 0. The molecular weight excluding hydrogens is 261 g/mol. The van der Waals surface area contributed by atoms with Crippen LogP contribution in [0.2, 0.25) is 0 Å². The van der Waals surface area contributed by atoms with Crippen LogP contribution >= 0.6 is 0 Å². The van der Waals surface area contributed by atoms with Crippen LogP contribution in [0.15, 0.2) is 36.4 Å². The molecule has 0 aromatic heterocycles. The summed E-state index contributed by atoms with van der Waals surface area (Å²) in [6, 6.07) is 12.8. The van der Waals surface area contributed by atoms with Gasteiger partial charge in [0, 0.05) is 41.3 Å². The molecule has 0 unspecified atom stereocenters. The fraction of sp³-hybridized carbons (Fsp3) is 0.100. The van der Waals surface area contributed by atoms with Gasteiger partial charge < -0.3 is 0 Å². The zero-order chi connectivity index (χ0) is 6.97. The quantitative estimate of drug-likeness (QED) is 0.646. The Morgan fingerprint density at radius 3 is 2.64 bits per heavy atom. The van der Waals surface area contributed by atoms with E-state index in [9.17, 15) is 0 Å². The fourth-order valence-corrected chi connectivity index (χ4v) is 1.31. The Kier molecular flexibility index (Phi) is 3.15. The summed E-state index contributed by atoms with van der Waals surface area (Å²) >= 11 is 0. The van der Waals surface area contributed by atoms with E-state index in [1.807, 2.05) is 0 Å². The van der Waals surface area contributed by atoms with Crippen molar-refractivity contribution in [1.82, 2.24) is 0 Å². The van der Waals surface area contributed by atoms with E-state index in [1.165, 1.54) is 16.3 Å². The van der Waals surface area contributed by atoms with Crippen molar-refractivity contribution in [2.24, 2.45) is 0 Å². The molecule has 0 heterocycles. The molecule has 53 valence electrons. The average molecular weight is 270 g/mol. The van der Waals surface area contributed by atoms with Crippen molar-refractivity contribution in [3.63, 3.8) is 0 Å². The van der Waals surface area contributed by atoms with E-state index in [0.717, 1.165) is 0 Å². The van der Waals surface area contributed by atoms with Gasteiger partial charge in [0.2, 0.25) is 0 Å². The molecule has 0 aliphatic heterocycles. The summed E-state index contributed by atoms with van der Waals surface area (Å²) in [6.45, 7) is 2.12. The van der Waals surface area contributed by atoms with E-state index in [-0.39, 0.29) is 41.3 Å². The molecule has 0 amide bonds. The van der Waals surface area contributed by atoms with E-state index in [4.69, 9.17) is 0 Å². The Labute approximate surface area is 99.9 Å². The minimum Gasteiger partial charge on any atom is -0.165 e. The summed E-state index contributed by atoms with van der Waals surface area (Å²) in [5, 5.41) is 2.69. The second-order valence-corrected chi connectivity index (χ2v) is 2.66. The molecule has 0 bridgehead atoms. The minimum absolute atomic E-state index is 0. The molecule has 0 aliphatic carbocycles. The van der Waals surface area contributed by atoms with Crippen LogP contribution in [0.4, 0.5) is 0 Å². The maximum atomic E-state index is 2.20. The maximum Gasteiger partial charge on any atom is 0 e. The number of aryl methyl sites for hydroxylation is 1. The van der Waals surface area contributed by atoms with Crippen molar-refractivity contribution in [3.05, 3.63) is 42.0 Å². The molecule has 1 radical (unpaired) electrons. The third-order valence-electron chi connectivity index (χ3n) is 1.76. The van der Waals surface area contributed by atoms with Crippen molar-refractivity contribution in [2.75, 3.05) is 0 Å². The fourth-order valence-electron chi connectivity index (χ4n) is 1.31. The Hall–Kier alpha value is 0.194. The summed E-state index contributed by atoms with van der Waals surface area (Å²) in [4.78, 5) is 0. The molecule has 0 saturated carbocycles. The van der Waals surface area contributed by atoms with Crippen molar-refractivity contribution in [2.45, 2.75) is 6.92 Å². The molecule has 0 atom stereocenters. The van der Waals surface area contributed by atoms with Gasteiger partial charge in [-0.3, -0.25) is 0 Å². The van der Waals surface area contributed by atoms with Crippen LogP contribution in [0, 0.1) is 48.2 Å². The number of hydrogen-bond acceptors (Lipinski definition) is 0. The van der Waals surface area contributed by atoms with Crippen LogP contribution in [-0.2, 0) is 0 Å². The zero-order valence-electron chi connectivity index (χ0n) is 6.54.